The second-order valence-corrected chi connectivity index (χ2v) is 15.9. The maximum atomic E-state index is 6.90. The van der Waals surface area contributed by atoms with Crippen LogP contribution >= 0.6 is 0 Å². The lowest BCUT2D eigenvalue weighted by Crippen LogP contribution is -2.04. The van der Waals surface area contributed by atoms with Gasteiger partial charge in [-0.15, -0.1) is 0 Å². The fraction of sp³-hybridized carbons (Fsp3) is 0. The molecule has 7 nitrogen and oxygen atoms in total. The Hall–Kier alpha value is -8.55. The Morgan fingerprint density at radius 1 is 0.323 bits per heavy atom. The summed E-state index contributed by atoms with van der Waals surface area (Å²) >= 11 is 0. The molecule has 0 aliphatic carbocycles. The number of fused-ring (bicyclic) bond motifs is 13. The molecular formula is C55H30N4O3. The van der Waals surface area contributed by atoms with Crippen molar-refractivity contribution in [2.45, 2.75) is 0 Å². The third kappa shape index (κ3) is 4.78. The third-order valence-corrected chi connectivity index (χ3v) is 12.4. The Balaban J connectivity index is 1.09. The molecule has 0 unspecified atom stereocenters. The molecule has 0 atom stereocenters. The van der Waals surface area contributed by atoms with Crippen LogP contribution < -0.4 is 0 Å². The van der Waals surface area contributed by atoms with Gasteiger partial charge in [-0.05, 0) is 83.6 Å². The summed E-state index contributed by atoms with van der Waals surface area (Å²) in [5, 5.41) is 10.8. The molecule has 5 heterocycles. The minimum Gasteiger partial charge on any atom is -0.456 e. The van der Waals surface area contributed by atoms with E-state index in [9.17, 15) is 0 Å². The molecule has 0 aliphatic heterocycles. The molecule has 0 amide bonds. The molecule has 5 aromatic heterocycles. The molecule has 0 saturated heterocycles. The standard InChI is InChI=1S/C55H30N4O3/c1-2-12-32-28-45-42(27-31(32)11-1)35-13-3-7-17-43(35)59(45)44-26-25-41-38-16-6-10-20-48(38)62-52(41)51(44)55-57-53(33-21-23-39-36-14-4-8-18-46(36)60-49(39)29-33)56-54(58-55)34-22-24-40-37-15-5-9-19-47(37)61-50(40)30-34/h1-30H. The minimum atomic E-state index is 0.478. The maximum Gasteiger partial charge on any atom is 0.170 e. The van der Waals surface area contributed by atoms with E-state index in [1.165, 1.54) is 5.39 Å². The molecule has 0 fully saturated rings. The summed E-state index contributed by atoms with van der Waals surface area (Å²) in [7, 11) is 0. The normalized spacial score (nSPS) is 12.2. The van der Waals surface area contributed by atoms with E-state index in [1.54, 1.807) is 0 Å². The molecule has 0 N–H and O–H groups in total. The first-order chi connectivity index (χ1) is 30.7. The van der Waals surface area contributed by atoms with E-state index in [2.05, 4.69) is 120 Å². The summed E-state index contributed by atoms with van der Waals surface area (Å²) < 4.78 is 22.0. The molecular weight excluding hydrogens is 765 g/mol. The third-order valence-electron chi connectivity index (χ3n) is 12.4. The number of aromatic nitrogens is 4. The zero-order valence-corrected chi connectivity index (χ0v) is 32.8. The van der Waals surface area contributed by atoms with Gasteiger partial charge in [-0.25, -0.2) is 15.0 Å². The first-order valence-electron chi connectivity index (χ1n) is 20.7. The van der Waals surface area contributed by atoms with Gasteiger partial charge in [-0.3, -0.25) is 0 Å². The van der Waals surface area contributed by atoms with Crippen molar-refractivity contribution in [3.8, 4) is 39.9 Å². The highest BCUT2D eigenvalue weighted by Gasteiger charge is 2.25. The number of benzene rings is 9. The van der Waals surface area contributed by atoms with Crippen molar-refractivity contribution < 1.29 is 13.3 Å². The predicted molar refractivity (Wildman–Crippen MR) is 250 cm³/mol. The van der Waals surface area contributed by atoms with Crippen LogP contribution in [0.25, 0.3) is 138 Å². The molecule has 288 valence electrons. The Kier molecular flexibility index (Phi) is 6.71. The van der Waals surface area contributed by atoms with Crippen LogP contribution in [0.3, 0.4) is 0 Å². The second kappa shape index (κ2) is 12.5. The van der Waals surface area contributed by atoms with Crippen molar-refractivity contribution in [2.75, 3.05) is 0 Å². The average Bonchev–Trinajstić information content (AvgIpc) is 4.08. The number of hydrogen-bond donors (Lipinski definition) is 0. The van der Waals surface area contributed by atoms with Crippen LogP contribution in [0, 0.1) is 0 Å². The minimum absolute atomic E-state index is 0.478. The quantitative estimate of drug-likeness (QED) is 0.176. The lowest BCUT2D eigenvalue weighted by Gasteiger charge is -2.15. The molecule has 0 spiro atoms. The van der Waals surface area contributed by atoms with Gasteiger partial charge in [0.25, 0.3) is 0 Å². The van der Waals surface area contributed by atoms with Crippen LogP contribution in [0.4, 0.5) is 0 Å². The van der Waals surface area contributed by atoms with Crippen molar-refractivity contribution in [1.29, 1.82) is 0 Å². The van der Waals surface area contributed by atoms with Crippen molar-refractivity contribution in [1.82, 2.24) is 19.5 Å². The van der Waals surface area contributed by atoms with Crippen molar-refractivity contribution in [3.63, 3.8) is 0 Å². The summed E-state index contributed by atoms with van der Waals surface area (Å²) in [6.45, 7) is 0. The predicted octanol–water partition coefficient (Wildman–Crippen LogP) is 14.8. The molecule has 0 radical (unpaired) electrons. The Morgan fingerprint density at radius 2 is 0.806 bits per heavy atom. The van der Waals surface area contributed by atoms with Gasteiger partial charge in [-0.1, -0.05) is 109 Å². The van der Waals surface area contributed by atoms with Gasteiger partial charge in [0.05, 0.1) is 22.3 Å². The van der Waals surface area contributed by atoms with Crippen LogP contribution in [-0.4, -0.2) is 19.5 Å². The summed E-state index contributed by atoms with van der Waals surface area (Å²) in [4.78, 5) is 16.0. The van der Waals surface area contributed by atoms with Gasteiger partial charge in [0, 0.05) is 54.2 Å². The van der Waals surface area contributed by atoms with E-state index in [1.807, 2.05) is 66.7 Å². The monoisotopic (exact) mass is 794 g/mol. The molecule has 7 heteroatoms. The fourth-order valence-corrected chi connectivity index (χ4v) is 9.57. The molecule has 62 heavy (non-hydrogen) atoms. The second-order valence-electron chi connectivity index (χ2n) is 15.9. The van der Waals surface area contributed by atoms with Gasteiger partial charge in [0.1, 0.15) is 33.5 Å². The Morgan fingerprint density at radius 3 is 1.45 bits per heavy atom. The maximum absolute atomic E-state index is 6.90. The first kappa shape index (κ1) is 33.3. The van der Waals surface area contributed by atoms with Crippen LogP contribution in [-0.2, 0) is 0 Å². The summed E-state index contributed by atoms with van der Waals surface area (Å²) in [6.07, 6.45) is 0. The van der Waals surface area contributed by atoms with Crippen LogP contribution in [0.5, 0.6) is 0 Å². The van der Waals surface area contributed by atoms with Crippen molar-refractivity contribution in [3.05, 3.63) is 182 Å². The summed E-state index contributed by atoms with van der Waals surface area (Å²) in [5.74, 6) is 1.49. The SMILES string of the molecule is c1ccc2cc3c(cc2c1)c1ccccc1n3-c1ccc2c(oc3ccccc32)c1-c1nc(-c2ccc3c(c2)oc2ccccc23)nc(-c2ccc3c(c2)oc2ccccc23)n1. The number of hydrogen-bond acceptors (Lipinski definition) is 6. The van der Waals surface area contributed by atoms with Gasteiger partial charge >= 0.3 is 0 Å². The molecule has 14 aromatic rings. The number of para-hydroxylation sites is 4. The molecule has 0 aliphatic rings. The number of rotatable bonds is 4. The summed E-state index contributed by atoms with van der Waals surface area (Å²) in [6, 6.07) is 62.8. The van der Waals surface area contributed by atoms with Gasteiger partial charge in [-0.2, -0.15) is 0 Å². The molecule has 14 rings (SSSR count). The van der Waals surface area contributed by atoms with E-state index in [-0.39, 0.29) is 0 Å². The van der Waals surface area contributed by atoms with E-state index in [0.717, 1.165) is 110 Å². The fourth-order valence-electron chi connectivity index (χ4n) is 9.57. The van der Waals surface area contributed by atoms with Crippen LogP contribution in [0.1, 0.15) is 0 Å². The lowest BCUT2D eigenvalue weighted by atomic mass is 10.0. The van der Waals surface area contributed by atoms with E-state index in [0.29, 0.717) is 23.1 Å². The van der Waals surface area contributed by atoms with Gasteiger partial charge in [0.15, 0.2) is 17.5 Å². The molecule has 9 aromatic carbocycles. The smallest absolute Gasteiger partial charge is 0.170 e. The van der Waals surface area contributed by atoms with Crippen LogP contribution in [0.15, 0.2) is 195 Å². The van der Waals surface area contributed by atoms with Gasteiger partial charge < -0.3 is 17.8 Å². The molecule has 0 saturated carbocycles. The Bertz CT molecular complexity index is 4060. The van der Waals surface area contributed by atoms with Crippen molar-refractivity contribution in [2.24, 2.45) is 0 Å². The van der Waals surface area contributed by atoms with Crippen molar-refractivity contribution >= 4 is 98.4 Å². The van der Waals surface area contributed by atoms with Crippen LogP contribution in [0.2, 0.25) is 0 Å². The lowest BCUT2D eigenvalue weighted by molar-refractivity contribution is 0.668. The molecule has 0 bridgehead atoms. The highest BCUT2D eigenvalue weighted by atomic mass is 16.3. The highest BCUT2D eigenvalue weighted by molar-refractivity contribution is 6.16. The average molecular weight is 795 g/mol. The number of furan rings is 3. The van der Waals surface area contributed by atoms with E-state index >= 15 is 0 Å². The first-order valence-corrected chi connectivity index (χ1v) is 20.7. The van der Waals surface area contributed by atoms with E-state index in [4.69, 9.17) is 28.2 Å². The zero-order valence-electron chi connectivity index (χ0n) is 32.8. The summed E-state index contributed by atoms with van der Waals surface area (Å²) in [5.41, 5.74) is 10.0. The Labute approximate surface area is 351 Å². The zero-order chi connectivity index (χ0) is 40.5. The van der Waals surface area contributed by atoms with Gasteiger partial charge in [0.2, 0.25) is 0 Å². The highest BCUT2D eigenvalue weighted by Crippen LogP contribution is 2.44. The number of nitrogens with zero attached hydrogens (tertiary/aromatic N) is 4. The largest absolute Gasteiger partial charge is 0.456 e. The van der Waals surface area contributed by atoms with E-state index < -0.39 is 0 Å². The topological polar surface area (TPSA) is 83.0 Å².